The van der Waals surface area contributed by atoms with E-state index < -0.39 is 0 Å². The lowest BCUT2D eigenvalue weighted by Crippen LogP contribution is -2.28. The molecule has 122 valence electrons. The molecular weight excluding hydrogens is 290 g/mol. The van der Waals surface area contributed by atoms with Crippen LogP contribution in [-0.4, -0.2) is 20.1 Å². The molecule has 0 aliphatic heterocycles. The van der Waals surface area contributed by atoms with Crippen molar-refractivity contribution in [3.8, 4) is 11.5 Å². The third kappa shape index (κ3) is 4.03. The zero-order valence-corrected chi connectivity index (χ0v) is 14.1. The Balaban J connectivity index is 2.18. The third-order valence-corrected chi connectivity index (χ3v) is 3.87. The Morgan fingerprint density at radius 2 is 1.91 bits per heavy atom. The van der Waals surface area contributed by atoms with E-state index in [-0.39, 0.29) is 11.9 Å². The second kappa shape index (κ2) is 7.68. The van der Waals surface area contributed by atoms with E-state index in [2.05, 4.69) is 18.3 Å². The molecule has 23 heavy (non-hydrogen) atoms. The summed E-state index contributed by atoms with van der Waals surface area (Å²) in [5.74, 6) is 1.41. The van der Waals surface area contributed by atoms with Crippen molar-refractivity contribution in [2.24, 2.45) is 0 Å². The number of aryl methyl sites for hydroxylation is 1. The first-order chi connectivity index (χ1) is 11.1. The zero-order valence-electron chi connectivity index (χ0n) is 14.1. The largest absolute Gasteiger partial charge is 0.497 e. The van der Waals surface area contributed by atoms with Gasteiger partial charge in [-0.05, 0) is 48.7 Å². The minimum atomic E-state index is -0.107. The Morgan fingerprint density at radius 1 is 1.13 bits per heavy atom. The standard InChI is InChI=1S/C19H23NO3/c1-5-17(14-9-10-18(23-4)13(2)11-14)20-19(21)15-7-6-8-16(12-15)22-3/h6-12,17H,5H2,1-4H3,(H,20,21)/t17-/m0/s1. The summed E-state index contributed by atoms with van der Waals surface area (Å²) in [5, 5.41) is 3.08. The molecule has 0 fully saturated rings. The number of carbonyl (C=O) groups excluding carboxylic acids is 1. The zero-order chi connectivity index (χ0) is 16.8. The molecule has 1 N–H and O–H groups in total. The highest BCUT2D eigenvalue weighted by atomic mass is 16.5. The lowest BCUT2D eigenvalue weighted by atomic mass is 10.0. The Labute approximate surface area is 137 Å². The minimum absolute atomic E-state index is 0.0432. The van der Waals surface area contributed by atoms with E-state index in [1.54, 1.807) is 26.4 Å². The fourth-order valence-electron chi connectivity index (χ4n) is 2.55. The number of carbonyl (C=O) groups is 1. The molecule has 0 spiro atoms. The van der Waals surface area contributed by atoms with Gasteiger partial charge in [0, 0.05) is 5.56 Å². The van der Waals surface area contributed by atoms with Gasteiger partial charge < -0.3 is 14.8 Å². The molecule has 0 aliphatic carbocycles. The molecule has 1 amide bonds. The van der Waals surface area contributed by atoms with Crippen LogP contribution in [0.1, 0.15) is 40.9 Å². The molecular formula is C19H23NO3. The van der Waals surface area contributed by atoms with Gasteiger partial charge in [-0.3, -0.25) is 4.79 Å². The summed E-state index contributed by atoms with van der Waals surface area (Å²) in [6.07, 6.45) is 0.807. The second-order valence-electron chi connectivity index (χ2n) is 5.40. The number of rotatable bonds is 6. The van der Waals surface area contributed by atoms with Gasteiger partial charge in [-0.25, -0.2) is 0 Å². The molecule has 0 radical (unpaired) electrons. The molecule has 4 nitrogen and oxygen atoms in total. The van der Waals surface area contributed by atoms with Crippen molar-refractivity contribution in [3.05, 3.63) is 59.2 Å². The number of ether oxygens (including phenoxy) is 2. The van der Waals surface area contributed by atoms with Crippen LogP contribution < -0.4 is 14.8 Å². The van der Waals surface area contributed by atoms with Crippen molar-refractivity contribution < 1.29 is 14.3 Å². The quantitative estimate of drug-likeness (QED) is 0.880. The van der Waals surface area contributed by atoms with Crippen molar-refractivity contribution in [1.82, 2.24) is 5.32 Å². The second-order valence-corrected chi connectivity index (χ2v) is 5.40. The molecule has 0 bridgehead atoms. The van der Waals surface area contributed by atoms with E-state index in [0.717, 1.165) is 23.3 Å². The predicted octanol–water partition coefficient (Wildman–Crippen LogP) is 3.89. The fourth-order valence-corrected chi connectivity index (χ4v) is 2.55. The van der Waals surface area contributed by atoms with Crippen molar-refractivity contribution >= 4 is 5.91 Å². The molecule has 4 heteroatoms. The summed E-state index contributed by atoms with van der Waals surface area (Å²) in [6.45, 7) is 4.05. The molecule has 2 aromatic rings. The average Bonchev–Trinajstić information content (AvgIpc) is 2.59. The summed E-state index contributed by atoms with van der Waals surface area (Å²) in [4.78, 5) is 12.5. The molecule has 0 saturated heterocycles. The highest BCUT2D eigenvalue weighted by molar-refractivity contribution is 5.94. The van der Waals surface area contributed by atoms with Gasteiger partial charge in [0.2, 0.25) is 0 Å². The van der Waals surface area contributed by atoms with Crippen LogP contribution in [0.5, 0.6) is 11.5 Å². The molecule has 0 unspecified atom stereocenters. The van der Waals surface area contributed by atoms with Crippen LogP contribution in [0.3, 0.4) is 0 Å². The number of hydrogen-bond donors (Lipinski definition) is 1. The predicted molar refractivity (Wildman–Crippen MR) is 91.2 cm³/mol. The number of benzene rings is 2. The van der Waals surface area contributed by atoms with Crippen LogP contribution in [0.2, 0.25) is 0 Å². The first-order valence-electron chi connectivity index (χ1n) is 7.68. The van der Waals surface area contributed by atoms with Crippen LogP contribution in [0.15, 0.2) is 42.5 Å². The van der Waals surface area contributed by atoms with Gasteiger partial charge in [-0.15, -0.1) is 0 Å². The summed E-state index contributed by atoms with van der Waals surface area (Å²) in [5.41, 5.74) is 2.72. The molecule has 0 aliphatic rings. The Kier molecular flexibility index (Phi) is 5.63. The average molecular weight is 313 g/mol. The number of nitrogens with one attached hydrogen (secondary N) is 1. The van der Waals surface area contributed by atoms with E-state index >= 15 is 0 Å². The van der Waals surface area contributed by atoms with Gasteiger partial charge in [0.15, 0.2) is 0 Å². The molecule has 2 rings (SSSR count). The first kappa shape index (κ1) is 16.9. The lowest BCUT2D eigenvalue weighted by molar-refractivity contribution is 0.0935. The highest BCUT2D eigenvalue weighted by Gasteiger charge is 2.15. The van der Waals surface area contributed by atoms with Crippen molar-refractivity contribution in [1.29, 1.82) is 0 Å². The van der Waals surface area contributed by atoms with Crippen LogP contribution in [0.4, 0.5) is 0 Å². The van der Waals surface area contributed by atoms with Crippen LogP contribution in [0, 0.1) is 6.92 Å². The summed E-state index contributed by atoms with van der Waals surface area (Å²) in [7, 11) is 3.25. The molecule has 0 saturated carbocycles. The summed E-state index contributed by atoms with van der Waals surface area (Å²) < 4.78 is 10.5. The fraction of sp³-hybridized carbons (Fsp3) is 0.316. The van der Waals surface area contributed by atoms with Gasteiger partial charge in [0.05, 0.1) is 20.3 Å². The molecule has 2 aromatic carbocycles. The van der Waals surface area contributed by atoms with E-state index in [1.165, 1.54) is 0 Å². The van der Waals surface area contributed by atoms with Gasteiger partial charge in [0.25, 0.3) is 5.91 Å². The van der Waals surface area contributed by atoms with Gasteiger partial charge in [-0.1, -0.05) is 25.1 Å². The number of amides is 1. The topological polar surface area (TPSA) is 47.6 Å². The third-order valence-electron chi connectivity index (χ3n) is 3.87. The maximum atomic E-state index is 12.5. The maximum Gasteiger partial charge on any atom is 0.251 e. The van der Waals surface area contributed by atoms with Gasteiger partial charge in [0.1, 0.15) is 11.5 Å². The summed E-state index contributed by atoms with van der Waals surface area (Å²) >= 11 is 0. The minimum Gasteiger partial charge on any atom is -0.497 e. The van der Waals surface area contributed by atoms with Gasteiger partial charge in [-0.2, -0.15) is 0 Å². The van der Waals surface area contributed by atoms with Gasteiger partial charge >= 0.3 is 0 Å². The maximum absolute atomic E-state index is 12.5. The molecule has 0 aromatic heterocycles. The first-order valence-corrected chi connectivity index (χ1v) is 7.68. The molecule has 1 atom stereocenters. The van der Waals surface area contributed by atoms with E-state index in [9.17, 15) is 4.79 Å². The van der Waals surface area contributed by atoms with E-state index in [4.69, 9.17) is 9.47 Å². The van der Waals surface area contributed by atoms with E-state index in [0.29, 0.717) is 11.3 Å². The number of hydrogen-bond acceptors (Lipinski definition) is 3. The van der Waals surface area contributed by atoms with Crippen molar-refractivity contribution in [2.45, 2.75) is 26.3 Å². The SMILES string of the molecule is CC[C@H](NC(=O)c1cccc(OC)c1)c1ccc(OC)c(C)c1. The van der Waals surface area contributed by atoms with E-state index in [1.807, 2.05) is 31.2 Å². The van der Waals surface area contributed by atoms with Crippen LogP contribution in [0.25, 0.3) is 0 Å². The summed E-state index contributed by atoms with van der Waals surface area (Å²) in [6, 6.07) is 13.1. The van der Waals surface area contributed by atoms with Crippen LogP contribution in [-0.2, 0) is 0 Å². The highest BCUT2D eigenvalue weighted by Crippen LogP contribution is 2.24. The number of methoxy groups -OCH3 is 2. The lowest BCUT2D eigenvalue weighted by Gasteiger charge is -2.19. The Morgan fingerprint density at radius 3 is 2.52 bits per heavy atom. The Hall–Kier alpha value is -2.49. The van der Waals surface area contributed by atoms with Crippen molar-refractivity contribution in [3.63, 3.8) is 0 Å². The van der Waals surface area contributed by atoms with Crippen molar-refractivity contribution in [2.75, 3.05) is 14.2 Å². The Bertz CT molecular complexity index is 682. The van der Waals surface area contributed by atoms with Crippen LogP contribution >= 0.6 is 0 Å². The molecule has 0 heterocycles. The smallest absolute Gasteiger partial charge is 0.251 e. The monoisotopic (exact) mass is 313 g/mol. The normalized spacial score (nSPS) is 11.7.